The first kappa shape index (κ1) is 23.2. The van der Waals surface area contributed by atoms with Gasteiger partial charge in [0.2, 0.25) is 0 Å². The first-order valence-corrected chi connectivity index (χ1v) is 13.4. The van der Waals surface area contributed by atoms with E-state index in [-0.39, 0.29) is 43.8 Å². The van der Waals surface area contributed by atoms with Crippen LogP contribution in [0.3, 0.4) is 0 Å². The minimum absolute atomic E-state index is 0.0443. The van der Waals surface area contributed by atoms with Crippen molar-refractivity contribution in [2.45, 2.75) is 61.5 Å². The normalized spacial score (nSPS) is 21.9. The predicted octanol–water partition coefficient (Wildman–Crippen LogP) is 5.83. The molecule has 6 rings (SSSR count). The zero-order valence-corrected chi connectivity index (χ0v) is 21.5. The Morgan fingerprint density at radius 2 is 1.94 bits per heavy atom. The Balaban J connectivity index is 1.58. The van der Waals surface area contributed by atoms with Gasteiger partial charge >= 0.3 is 5.63 Å². The predicted molar refractivity (Wildman–Crippen MR) is 142 cm³/mol. The second-order valence-electron chi connectivity index (χ2n) is 10.2. The molecule has 186 valence electrons. The van der Waals surface area contributed by atoms with E-state index in [1.807, 2.05) is 43.4 Å². The van der Waals surface area contributed by atoms with E-state index in [4.69, 9.17) is 9.15 Å². The molecule has 3 aromatic rings. The van der Waals surface area contributed by atoms with Crippen LogP contribution in [0.2, 0.25) is 0 Å². The van der Waals surface area contributed by atoms with E-state index < -0.39 is 5.63 Å². The molecule has 3 heterocycles. The van der Waals surface area contributed by atoms with Gasteiger partial charge in [0.05, 0.1) is 12.8 Å². The van der Waals surface area contributed by atoms with E-state index in [0.29, 0.717) is 0 Å². The molecule has 2 aliphatic carbocycles. The molecule has 2 aromatic heterocycles. The second kappa shape index (κ2) is 8.44. The number of pyridine rings is 1. The molecular formula is C29H29NO5S. The summed E-state index contributed by atoms with van der Waals surface area (Å²) in [4.78, 5) is 27.2. The fraction of sp³-hybridized carbons (Fsp3) is 0.379. The highest BCUT2D eigenvalue weighted by Crippen LogP contribution is 2.52. The Bertz CT molecular complexity index is 1570. The van der Waals surface area contributed by atoms with Crippen molar-refractivity contribution in [1.82, 2.24) is 4.57 Å². The molecule has 36 heavy (non-hydrogen) atoms. The van der Waals surface area contributed by atoms with Gasteiger partial charge in [0.25, 0.3) is 5.56 Å². The third-order valence-corrected chi connectivity index (χ3v) is 9.73. The lowest BCUT2D eigenvalue weighted by atomic mass is 9.68. The summed E-state index contributed by atoms with van der Waals surface area (Å²) in [5.74, 6) is 0.638. The number of allylic oxidation sites excluding steroid dienone is 3. The van der Waals surface area contributed by atoms with E-state index >= 15 is 0 Å². The zero-order valence-electron chi connectivity index (χ0n) is 20.7. The second-order valence-corrected chi connectivity index (χ2v) is 11.4. The molecule has 0 radical (unpaired) electrons. The van der Waals surface area contributed by atoms with Crippen molar-refractivity contribution in [1.29, 1.82) is 0 Å². The van der Waals surface area contributed by atoms with Crippen LogP contribution in [0.4, 0.5) is 0 Å². The molecule has 7 heteroatoms. The molecule has 1 aliphatic heterocycles. The third-order valence-electron chi connectivity index (χ3n) is 8.29. The monoisotopic (exact) mass is 503 g/mol. The van der Waals surface area contributed by atoms with Crippen molar-refractivity contribution in [3.63, 3.8) is 0 Å². The average molecular weight is 504 g/mol. The molecule has 1 aromatic carbocycles. The highest BCUT2D eigenvalue weighted by Gasteiger charge is 2.46. The number of nitrogens with zero attached hydrogens (tertiary/aromatic N) is 1. The van der Waals surface area contributed by atoms with Crippen LogP contribution in [0.1, 0.15) is 57.2 Å². The standard InChI is InChI=1S/C29H29NO5S/c1-16-8-7-9-22(17(16)2)36-26-25(31)24-21(35-28(26)33)15-23-29(12-5-4-6-13-29)19-14-18(34-3)10-11-20(19)30(23)27(24)32/h7-11,14-15,17,22,31H,4-6,12-13H2,1-3H3. The van der Waals surface area contributed by atoms with Crippen LogP contribution in [0, 0.1) is 5.92 Å². The molecule has 0 bridgehead atoms. The maximum atomic E-state index is 14.0. The van der Waals surface area contributed by atoms with Crippen LogP contribution in [-0.4, -0.2) is 22.0 Å². The Hall–Kier alpha value is -3.19. The molecule has 1 saturated carbocycles. The molecule has 1 N–H and O–H groups in total. The quantitative estimate of drug-likeness (QED) is 0.484. The largest absolute Gasteiger partial charge is 0.506 e. The molecule has 6 nitrogen and oxygen atoms in total. The van der Waals surface area contributed by atoms with Crippen LogP contribution in [0.15, 0.2) is 67.0 Å². The van der Waals surface area contributed by atoms with Gasteiger partial charge < -0.3 is 14.3 Å². The molecule has 3 aliphatic rings. The van der Waals surface area contributed by atoms with Crippen LogP contribution >= 0.6 is 11.8 Å². The summed E-state index contributed by atoms with van der Waals surface area (Å²) in [6.07, 6.45) is 11.1. The number of hydrogen-bond donors (Lipinski definition) is 1. The Morgan fingerprint density at radius 1 is 1.17 bits per heavy atom. The number of benzene rings is 1. The number of aromatic hydroxyl groups is 1. The molecule has 2 atom stereocenters. The number of ether oxygens (including phenoxy) is 1. The van der Waals surface area contributed by atoms with E-state index in [2.05, 4.69) is 6.92 Å². The molecule has 0 amide bonds. The highest BCUT2D eigenvalue weighted by molar-refractivity contribution is 8.00. The van der Waals surface area contributed by atoms with Gasteiger partial charge in [-0.05, 0) is 49.4 Å². The Morgan fingerprint density at radius 3 is 2.69 bits per heavy atom. The van der Waals surface area contributed by atoms with Gasteiger partial charge in [-0.2, -0.15) is 0 Å². The van der Waals surface area contributed by atoms with E-state index in [0.717, 1.165) is 54.8 Å². The summed E-state index contributed by atoms with van der Waals surface area (Å²) in [7, 11) is 1.64. The van der Waals surface area contributed by atoms with Gasteiger partial charge in [-0.25, -0.2) is 4.79 Å². The SMILES string of the molecule is COc1ccc2c(c1)C1(CCCCC1)c1cc3oc(=O)c(SC4C=CC=C(C)C4C)c(O)c3c(=O)n1-2. The van der Waals surface area contributed by atoms with E-state index in [1.54, 1.807) is 17.7 Å². The summed E-state index contributed by atoms with van der Waals surface area (Å²) in [6.45, 7) is 4.14. The van der Waals surface area contributed by atoms with E-state index in [9.17, 15) is 14.7 Å². The number of hydrogen-bond acceptors (Lipinski definition) is 6. The van der Waals surface area contributed by atoms with Crippen molar-refractivity contribution in [3.8, 4) is 17.2 Å². The Labute approximate surface area is 213 Å². The van der Waals surface area contributed by atoms with Gasteiger partial charge in [0.15, 0.2) is 5.75 Å². The van der Waals surface area contributed by atoms with E-state index in [1.165, 1.54) is 17.3 Å². The maximum Gasteiger partial charge on any atom is 0.353 e. The minimum Gasteiger partial charge on any atom is -0.506 e. The van der Waals surface area contributed by atoms with Gasteiger partial charge in [-0.3, -0.25) is 9.36 Å². The van der Waals surface area contributed by atoms with Crippen LogP contribution in [-0.2, 0) is 5.41 Å². The number of thioether (sulfide) groups is 1. The van der Waals surface area contributed by atoms with Crippen LogP contribution in [0.5, 0.6) is 11.5 Å². The minimum atomic E-state index is -0.614. The first-order valence-electron chi connectivity index (χ1n) is 12.5. The molecular weight excluding hydrogens is 474 g/mol. The number of fused-ring (bicyclic) bond motifs is 6. The summed E-state index contributed by atoms with van der Waals surface area (Å²) in [6, 6.07) is 7.62. The lowest BCUT2D eigenvalue weighted by molar-refractivity contribution is 0.344. The molecule has 1 spiro atoms. The molecule has 2 unspecified atom stereocenters. The van der Waals surface area contributed by atoms with Crippen molar-refractivity contribution in [3.05, 3.63) is 80.1 Å². The summed E-state index contributed by atoms with van der Waals surface area (Å²) in [5, 5.41) is 11.3. The van der Waals surface area contributed by atoms with Crippen LogP contribution in [0.25, 0.3) is 16.7 Å². The molecule has 1 fully saturated rings. The topological polar surface area (TPSA) is 81.7 Å². The fourth-order valence-corrected chi connectivity index (χ4v) is 7.36. The maximum absolute atomic E-state index is 14.0. The molecule has 0 saturated heterocycles. The zero-order chi connectivity index (χ0) is 25.2. The summed E-state index contributed by atoms with van der Waals surface area (Å²) in [5.41, 5.74) is 2.73. The van der Waals surface area contributed by atoms with Crippen molar-refractivity contribution < 1.29 is 14.3 Å². The van der Waals surface area contributed by atoms with Gasteiger partial charge in [-0.15, -0.1) is 11.8 Å². The van der Waals surface area contributed by atoms with Gasteiger partial charge in [0, 0.05) is 22.4 Å². The van der Waals surface area contributed by atoms with Crippen LogP contribution < -0.4 is 15.9 Å². The average Bonchev–Trinajstić information content (AvgIpc) is 3.13. The van der Waals surface area contributed by atoms with Gasteiger partial charge in [0.1, 0.15) is 21.6 Å². The Kier molecular flexibility index (Phi) is 5.45. The summed E-state index contributed by atoms with van der Waals surface area (Å²) < 4.78 is 13.0. The smallest absolute Gasteiger partial charge is 0.353 e. The highest BCUT2D eigenvalue weighted by atomic mass is 32.2. The van der Waals surface area contributed by atoms with Gasteiger partial charge in [-0.1, -0.05) is 50.0 Å². The van der Waals surface area contributed by atoms with Crippen molar-refractivity contribution in [2.75, 3.05) is 7.11 Å². The first-order chi connectivity index (χ1) is 17.4. The third kappa shape index (κ3) is 3.25. The fourth-order valence-electron chi connectivity index (χ4n) is 6.15. The number of aromatic nitrogens is 1. The number of rotatable bonds is 3. The van der Waals surface area contributed by atoms with Crippen molar-refractivity contribution in [2.24, 2.45) is 5.92 Å². The lowest BCUT2D eigenvalue weighted by Gasteiger charge is -2.34. The van der Waals surface area contributed by atoms with Crippen molar-refractivity contribution >= 4 is 22.7 Å². The number of methoxy groups -OCH3 is 1. The lowest BCUT2D eigenvalue weighted by Crippen LogP contribution is -2.31. The summed E-state index contributed by atoms with van der Waals surface area (Å²) >= 11 is 1.25.